The third kappa shape index (κ3) is 2.40. The van der Waals surface area contributed by atoms with Gasteiger partial charge in [0.1, 0.15) is 5.56 Å². The number of aryl methyl sites for hydroxylation is 1. The predicted octanol–water partition coefficient (Wildman–Crippen LogP) is 3.03. The van der Waals surface area contributed by atoms with Gasteiger partial charge in [0, 0.05) is 4.47 Å². The molecule has 0 atom stereocenters. The number of halogens is 2. The van der Waals surface area contributed by atoms with Gasteiger partial charge in [0.25, 0.3) is 5.56 Å². The minimum atomic E-state index is -1.28. The lowest BCUT2D eigenvalue weighted by atomic mass is 10.2. The second-order valence-electron chi connectivity index (χ2n) is 3.41. The fourth-order valence-electron chi connectivity index (χ4n) is 1.42. The van der Waals surface area contributed by atoms with Crippen molar-refractivity contribution < 1.29 is 9.90 Å². The van der Waals surface area contributed by atoms with E-state index in [2.05, 4.69) is 41.8 Å². The highest BCUT2D eigenvalue weighted by Crippen LogP contribution is 2.36. The van der Waals surface area contributed by atoms with Crippen LogP contribution in [0.1, 0.15) is 16.1 Å². The number of carboxylic acids is 1. The Kier molecular flexibility index (Phi) is 3.69. The van der Waals surface area contributed by atoms with Crippen molar-refractivity contribution in [3.8, 4) is 10.7 Å². The second kappa shape index (κ2) is 4.94. The van der Waals surface area contributed by atoms with Crippen LogP contribution >= 0.6 is 43.2 Å². The van der Waals surface area contributed by atoms with E-state index in [1.54, 1.807) is 6.07 Å². The average molecular weight is 394 g/mol. The van der Waals surface area contributed by atoms with Crippen LogP contribution in [0.2, 0.25) is 0 Å². The molecule has 0 aliphatic heterocycles. The molecule has 2 aromatic rings. The number of carboxylic acid groups (broad SMARTS) is 1. The summed E-state index contributed by atoms with van der Waals surface area (Å²) in [4.78, 5) is 29.9. The van der Waals surface area contributed by atoms with Crippen molar-refractivity contribution in [1.29, 1.82) is 0 Å². The zero-order chi connectivity index (χ0) is 13.4. The number of rotatable bonds is 2. The molecule has 0 fully saturated rings. The number of aromatic amines is 1. The van der Waals surface area contributed by atoms with Crippen molar-refractivity contribution in [3.05, 3.63) is 35.9 Å². The summed E-state index contributed by atoms with van der Waals surface area (Å²) in [7, 11) is 0. The highest BCUT2D eigenvalue weighted by molar-refractivity contribution is 9.13. The van der Waals surface area contributed by atoms with Gasteiger partial charge in [-0.1, -0.05) is 0 Å². The van der Waals surface area contributed by atoms with Gasteiger partial charge in [0.15, 0.2) is 5.82 Å². The van der Waals surface area contributed by atoms with E-state index in [1.807, 2.05) is 0 Å². The molecule has 0 aromatic carbocycles. The number of aromatic nitrogens is 2. The number of carbonyl (C=O) groups is 1. The summed E-state index contributed by atoms with van der Waals surface area (Å²) < 4.78 is 1.73. The molecule has 0 amide bonds. The minimum absolute atomic E-state index is 0.196. The van der Waals surface area contributed by atoms with Gasteiger partial charge < -0.3 is 10.1 Å². The number of H-pyrrole nitrogens is 1. The molecule has 0 aliphatic rings. The Morgan fingerprint density at radius 3 is 2.61 bits per heavy atom. The van der Waals surface area contributed by atoms with E-state index in [4.69, 9.17) is 5.11 Å². The lowest BCUT2D eigenvalue weighted by Crippen LogP contribution is -2.21. The van der Waals surface area contributed by atoms with Crippen LogP contribution in [-0.2, 0) is 0 Å². The number of nitrogens with zero attached hydrogens (tertiary/aromatic N) is 1. The van der Waals surface area contributed by atoms with E-state index >= 15 is 0 Å². The highest BCUT2D eigenvalue weighted by Gasteiger charge is 2.17. The van der Waals surface area contributed by atoms with Crippen molar-refractivity contribution in [3.63, 3.8) is 0 Å². The van der Waals surface area contributed by atoms with E-state index in [9.17, 15) is 9.59 Å². The smallest absolute Gasteiger partial charge is 0.343 e. The summed E-state index contributed by atoms with van der Waals surface area (Å²) in [6.45, 7) is 1.50. The maximum Gasteiger partial charge on any atom is 0.343 e. The first-order valence-electron chi connectivity index (χ1n) is 4.69. The molecule has 0 saturated heterocycles. The molecular formula is C10H6Br2N2O3S. The molecule has 0 unspecified atom stereocenters. The van der Waals surface area contributed by atoms with Gasteiger partial charge >= 0.3 is 5.97 Å². The Labute approximate surface area is 122 Å². The first-order chi connectivity index (χ1) is 8.40. The molecule has 2 aromatic heterocycles. The molecule has 2 N–H and O–H groups in total. The first-order valence-corrected chi connectivity index (χ1v) is 7.10. The van der Waals surface area contributed by atoms with E-state index in [0.29, 0.717) is 5.82 Å². The summed E-state index contributed by atoms with van der Waals surface area (Å²) in [5.41, 5.74) is -0.777. The molecule has 2 heterocycles. The number of hydrogen-bond donors (Lipinski definition) is 2. The predicted molar refractivity (Wildman–Crippen MR) is 75.3 cm³/mol. The summed E-state index contributed by atoms with van der Waals surface area (Å²) in [5.74, 6) is -0.916. The molecule has 8 heteroatoms. The number of aromatic carboxylic acids is 1. The molecule has 0 spiro atoms. The van der Waals surface area contributed by atoms with Gasteiger partial charge in [-0.05, 0) is 44.8 Å². The molecule has 18 heavy (non-hydrogen) atoms. The van der Waals surface area contributed by atoms with Crippen LogP contribution in [0.3, 0.4) is 0 Å². The minimum Gasteiger partial charge on any atom is -0.477 e. The van der Waals surface area contributed by atoms with Crippen LogP contribution in [0, 0.1) is 6.92 Å². The normalized spacial score (nSPS) is 10.6. The van der Waals surface area contributed by atoms with Crippen LogP contribution in [0.4, 0.5) is 0 Å². The van der Waals surface area contributed by atoms with Gasteiger partial charge in [-0.15, -0.1) is 11.3 Å². The SMILES string of the molecule is Cc1nc(-c2cc(Br)c(Br)s2)[nH]c(=O)c1C(=O)O. The van der Waals surface area contributed by atoms with Crippen molar-refractivity contribution in [2.24, 2.45) is 0 Å². The molecule has 0 radical (unpaired) electrons. The van der Waals surface area contributed by atoms with Crippen LogP contribution < -0.4 is 5.56 Å². The monoisotopic (exact) mass is 392 g/mol. The standard InChI is InChI=1S/C10H6Br2N2O3S/c1-3-6(10(16)17)9(15)14-8(13-3)5-2-4(11)7(12)18-5/h2H,1H3,(H,16,17)(H,13,14,15). The topological polar surface area (TPSA) is 83.0 Å². The molecule has 0 bridgehead atoms. The molecule has 0 saturated carbocycles. The molecule has 2 rings (SSSR count). The summed E-state index contributed by atoms with van der Waals surface area (Å²) >= 11 is 8.07. The Morgan fingerprint density at radius 1 is 1.50 bits per heavy atom. The van der Waals surface area contributed by atoms with Gasteiger partial charge in [0.05, 0.1) is 14.4 Å². The van der Waals surface area contributed by atoms with Crippen molar-refractivity contribution in [2.75, 3.05) is 0 Å². The van der Waals surface area contributed by atoms with Crippen LogP contribution in [-0.4, -0.2) is 21.0 Å². The molecule has 94 valence electrons. The summed E-state index contributed by atoms with van der Waals surface area (Å²) in [5, 5.41) is 8.88. The van der Waals surface area contributed by atoms with E-state index in [0.717, 1.165) is 13.1 Å². The fraction of sp³-hybridized carbons (Fsp3) is 0.100. The van der Waals surface area contributed by atoms with Crippen LogP contribution in [0.25, 0.3) is 10.7 Å². The van der Waals surface area contributed by atoms with E-state index in [1.165, 1.54) is 18.3 Å². The van der Waals surface area contributed by atoms with Gasteiger partial charge in [-0.2, -0.15) is 0 Å². The zero-order valence-electron chi connectivity index (χ0n) is 8.95. The molecular weight excluding hydrogens is 388 g/mol. The number of hydrogen-bond acceptors (Lipinski definition) is 4. The summed E-state index contributed by atoms with van der Waals surface area (Å²) in [6, 6.07) is 1.80. The Hall–Kier alpha value is -0.990. The molecule has 0 aliphatic carbocycles. The quantitative estimate of drug-likeness (QED) is 0.821. The Balaban J connectivity index is 2.61. The van der Waals surface area contributed by atoms with Gasteiger partial charge in [-0.3, -0.25) is 4.79 Å². The Bertz CT molecular complexity index is 673. The third-order valence-electron chi connectivity index (χ3n) is 2.19. The first kappa shape index (κ1) is 13.4. The maximum atomic E-state index is 11.7. The van der Waals surface area contributed by atoms with Crippen molar-refractivity contribution in [2.45, 2.75) is 6.92 Å². The average Bonchev–Trinajstić information content (AvgIpc) is 2.57. The van der Waals surface area contributed by atoms with Crippen molar-refractivity contribution >= 4 is 49.2 Å². The fourth-order valence-corrected chi connectivity index (χ4v) is 3.40. The van der Waals surface area contributed by atoms with Gasteiger partial charge in [0.2, 0.25) is 0 Å². The van der Waals surface area contributed by atoms with E-state index in [-0.39, 0.29) is 11.3 Å². The van der Waals surface area contributed by atoms with Crippen LogP contribution in [0.15, 0.2) is 19.1 Å². The molecule has 5 nitrogen and oxygen atoms in total. The third-order valence-corrected chi connectivity index (χ3v) is 5.46. The van der Waals surface area contributed by atoms with Crippen LogP contribution in [0.5, 0.6) is 0 Å². The highest BCUT2D eigenvalue weighted by atomic mass is 79.9. The maximum absolute atomic E-state index is 11.7. The lowest BCUT2D eigenvalue weighted by molar-refractivity contribution is 0.0693. The van der Waals surface area contributed by atoms with Gasteiger partial charge in [-0.25, -0.2) is 9.78 Å². The number of thiophene rings is 1. The number of nitrogens with one attached hydrogen (secondary N) is 1. The van der Waals surface area contributed by atoms with E-state index < -0.39 is 11.5 Å². The lowest BCUT2D eigenvalue weighted by Gasteiger charge is -2.02. The Morgan fingerprint density at radius 2 is 2.17 bits per heavy atom. The summed E-state index contributed by atoms with van der Waals surface area (Å²) in [6.07, 6.45) is 0. The second-order valence-corrected chi connectivity index (χ2v) is 6.64. The van der Waals surface area contributed by atoms with Crippen molar-refractivity contribution in [1.82, 2.24) is 9.97 Å². The largest absolute Gasteiger partial charge is 0.477 e. The zero-order valence-corrected chi connectivity index (χ0v) is 12.9.